The van der Waals surface area contributed by atoms with E-state index in [1.165, 1.54) is 69.1 Å². The molecule has 25 heavy (non-hydrogen) atoms. The molecule has 0 heterocycles. The number of unbranched alkanes of at least 4 members (excludes halogenated alkanes) is 11. The van der Waals surface area contributed by atoms with Crippen molar-refractivity contribution in [3.05, 3.63) is 12.2 Å². The van der Waals surface area contributed by atoms with Gasteiger partial charge in [-0.15, -0.1) is 0 Å². The van der Waals surface area contributed by atoms with Crippen molar-refractivity contribution in [2.24, 2.45) is 0 Å². The molecule has 0 bridgehead atoms. The summed E-state index contributed by atoms with van der Waals surface area (Å²) in [4.78, 5) is 23.8. The maximum absolute atomic E-state index is 11.8. The van der Waals surface area contributed by atoms with E-state index in [1.807, 2.05) is 0 Å². The third-order valence-electron chi connectivity index (χ3n) is 4.33. The van der Waals surface area contributed by atoms with E-state index in [1.54, 1.807) is 0 Å². The number of carbonyl (C=O) groups excluding carboxylic acids is 1. The third kappa shape index (κ3) is 15.9. The fourth-order valence-corrected chi connectivity index (χ4v) is 2.84. The molecule has 0 aromatic carbocycles. The minimum atomic E-state index is -1.14. The molecule has 5 nitrogen and oxygen atoms in total. The summed E-state index contributed by atoms with van der Waals surface area (Å²) in [6.07, 6.45) is 17.0. The van der Waals surface area contributed by atoms with Crippen LogP contribution < -0.4 is 0 Å². The van der Waals surface area contributed by atoms with Crippen LogP contribution in [0.4, 0.5) is 0 Å². The lowest BCUT2D eigenvalue weighted by Gasteiger charge is -2.19. The van der Waals surface area contributed by atoms with E-state index in [-0.39, 0.29) is 19.1 Å². The van der Waals surface area contributed by atoms with Gasteiger partial charge < -0.3 is 15.1 Å². The zero-order chi connectivity index (χ0) is 18.8. The van der Waals surface area contributed by atoms with Gasteiger partial charge in [-0.25, -0.2) is 4.79 Å². The number of hydrogen-bond donors (Lipinski definition) is 2. The van der Waals surface area contributed by atoms with Gasteiger partial charge in [-0.2, -0.15) is 0 Å². The zero-order valence-electron chi connectivity index (χ0n) is 15.9. The Morgan fingerprint density at radius 1 is 0.760 bits per heavy atom. The summed E-state index contributed by atoms with van der Waals surface area (Å²) in [6.45, 7) is 2.96. The van der Waals surface area contributed by atoms with E-state index < -0.39 is 5.97 Å². The second-order valence-electron chi connectivity index (χ2n) is 6.61. The zero-order valence-corrected chi connectivity index (χ0v) is 15.9. The number of aliphatic hydroxyl groups excluding tert-OH is 1. The normalized spacial score (nSPS) is 11.1. The van der Waals surface area contributed by atoms with Crippen molar-refractivity contribution >= 4 is 11.9 Å². The first-order valence-corrected chi connectivity index (χ1v) is 9.92. The molecule has 0 spiro atoms. The Morgan fingerprint density at radius 3 is 1.68 bits per heavy atom. The quantitative estimate of drug-likeness (QED) is 0.303. The van der Waals surface area contributed by atoms with Gasteiger partial charge in [-0.1, -0.05) is 77.6 Å². The minimum absolute atomic E-state index is 0.106. The van der Waals surface area contributed by atoms with Crippen LogP contribution in [-0.2, 0) is 9.59 Å². The Bertz CT molecular complexity index is 369. The van der Waals surface area contributed by atoms with Crippen molar-refractivity contribution < 1.29 is 19.8 Å². The Morgan fingerprint density at radius 2 is 1.24 bits per heavy atom. The predicted molar refractivity (Wildman–Crippen MR) is 102 cm³/mol. The van der Waals surface area contributed by atoms with Crippen LogP contribution in [0, 0.1) is 0 Å². The lowest BCUT2D eigenvalue weighted by Crippen LogP contribution is -2.33. The van der Waals surface area contributed by atoms with Gasteiger partial charge in [-0.3, -0.25) is 4.79 Å². The van der Waals surface area contributed by atoms with Crippen LogP contribution >= 0.6 is 0 Å². The average Bonchev–Trinajstić information content (AvgIpc) is 2.59. The van der Waals surface area contributed by atoms with Gasteiger partial charge in [0.05, 0.1) is 6.61 Å². The maximum Gasteiger partial charge on any atom is 0.328 e. The Kier molecular flexibility index (Phi) is 16.5. The highest BCUT2D eigenvalue weighted by Crippen LogP contribution is 2.12. The van der Waals surface area contributed by atoms with Crippen molar-refractivity contribution in [2.45, 2.75) is 84.0 Å². The molecule has 0 atom stereocenters. The summed E-state index contributed by atoms with van der Waals surface area (Å²) < 4.78 is 0. The van der Waals surface area contributed by atoms with Crippen molar-refractivity contribution in [2.75, 3.05) is 19.7 Å². The van der Waals surface area contributed by atoms with Gasteiger partial charge in [0.1, 0.15) is 0 Å². The monoisotopic (exact) mass is 355 g/mol. The fraction of sp³-hybridized carbons (Fsp3) is 0.800. The number of amides is 1. The molecule has 0 aliphatic carbocycles. The molecule has 0 aliphatic rings. The van der Waals surface area contributed by atoms with Crippen LogP contribution in [0.3, 0.4) is 0 Å². The number of hydrogen-bond acceptors (Lipinski definition) is 3. The molecule has 0 aromatic rings. The molecule has 146 valence electrons. The second kappa shape index (κ2) is 17.5. The average molecular weight is 356 g/mol. The molecule has 0 aromatic heterocycles. The van der Waals surface area contributed by atoms with Crippen LogP contribution in [0.5, 0.6) is 0 Å². The van der Waals surface area contributed by atoms with Crippen molar-refractivity contribution in [3.63, 3.8) is 0 Å². The summed E-state index contributed by atoms with van der Waals surface area (Å²) in [5.74, 6) is -1.48. The van der Waals surface area contributed by atoms with E-state index in [4.69, 9.17) is 10.2 Å². The Hall–Kier alpha value is -1.36. The lowest BCUT2D eigenvalue weighted by atomic mass is 10.1. The summed E-state index contributed by atoms with van der Waals surface area (Å²) in [5, 5.41) is 17.6. The van der Waals surface area contributed by atoms with Crippen LogP contribution in [0.2, 0.25) is 0 Å². The SMILES string of the molecule is CCCCCCCCCCCCCCN(CCO)C(=O)/C=C\C(=O)O. The lowest BCUT2D eigenvalue weighted by molar-refractivity contribution is -0.132. The molecule has 5 heteroatoms. The molecule has 0 radical (unpaired) electrons. The molecule has 1 amide bonds. The number of nitrogens with zero attached hydrogens (tertiary/aromatic N) is 1. The van der Waals surface area contributed by atoms with E-state index in [0.717, 1.165) is 25.0 Å². The first-order valence-electron chi connectivity index (χ1n) is 9.92. The summed E-state index contributed by atoms with van der Waals surface area (Å²) in [5.41, 5.74) is 0. The topological polar surface area (TPSA) is 77.8 Å². The fourth-order valence-electron chi connectivity index (χ4n) is 2.84. The van der Waals surface area contributed by atoms with Crippen molar-refractivity contribution in [3.8, 4) is 0 Å². The molecule has 2 N–H and O–H groups in total. The number of carboxylic acids is 1. The highest BCUT2D eigenvalue weighted by molar-refractivity contribution is 5.93. The molecular weight excluding hydrogens is 318 g/mol. The Labute approximate surface area is 153 Å². The van der Waals surface area contributed by atoms with Crippen molar-refractivity contribution in [1.82, 2.24) is 4.90 Å². The second-order valence-corrected chi connectivity index (χ2v) is 6.61. The maximum atomic E-state index is 11.8. The van der Waals surface area contributed by atoms with E-state index in [0.29, 0.717) is 6.54 Å². The van der Waals surface area contributed by atoms with Crippen LogP contribution in [0.25, 0.3) is 0 Å². The highest BCUT2D eigenvalue weighted by atomic mass is 16.4. The highest BCUT2D eigenvalue weighted by Gasteiger charge is 2.09. The van der Waals surface area contributed by atoms with Crippen LogP contribution in [0.1, 0.15) is 84.0 Å². The number of aliphatic carboxylic acids is 1. The first-order chi connectivity index (χ1) is 12.1. The van der Waals surface area contributed by atoms with Crippen LogP contribution in [-0.4, -0.2) is 46.7 Å². The van der Waals surface area contributed by atoms with E-state index in [9.17, 15) is 9.59 Å². The molecule has 0 aliphatic heterocycles. The largest absolute Gasteiger partial charge is 0.478 e. The van der Waals surface area contributed by atoms with E-state index in [2.05, 4.69) is 6.92 Å². The molecule has 0 rings (SSSR count). The standard InChI is InChI=1S/C20H37NO4/c1-2-3-4-5-6-7-8-9-10-11-12-13-16-21(17-18-22)19(23)14-15-20(24)25/h14-15,22H,2-13,16-18H2,1H3,(H,24,25)/b15-14-. The van der Waals surface area contributed by atoms with Gasteiger partial charge in [0.15, 0.2) is 0 Å². The van der Waals surface area contributed by atoms with Crippen molar-refractivity contribution in [1.29, 1.82) is 0 Å². The van der Waals surface area contributed by atoms with Gasteiger partial charge in [0, 0.05) is 25.2 Å². The predicted octanol–water partition coefficient (Wildman–Crippen LogP) is 4.15. The van der Waals surface area contributed by atoms with Gasteiger partial charge >= 0.3 is 5.97 Å². The number of carboxylic acid groups (broad SMARTS) is 1. The summed E-state index contributed by atoms with van der Waals surface area (Å²) in [7, 11) is 0. The molecular formula is C20H37NO4. The first kappa shape index (κ1) is 23.6. The number of carbonyl (C=O) groups is 2. The van der Waals surface area contributed by atoms with Gasteiger partial charge in [0.2, 0.25) is 5.91 Å². The van der Waals surface area contributed by atoms with Crippen LogP contribution in [0.15, 0.2) is 12.2 Å². The third-order valence-corrected chi connectivity index (χ3v) is 4.33. The van der Waals surface area contributed by atoms with E-state index >= 15 is 0 Å². The number of rotatable bonds is 17. The minimum Gasteiger partial charge on any atom is -0.478 e. The molecule has 0 saturated carbocycles. The molecule has 0 fully saturated rings. The molecule has 0 unspecified atom stereocenters. The number of aliphatic hydroxyl groups is 1. The van der Waals surface area contributed by atoms with Gasteiger partial charge in [0.25, 0.3) is 0 Å². The van der Waals surface area contributed by atoms with Gasteiger partial charge in [-0.05, 0) is 6.42 Å². The molecule has 0 saturated heterocycles. The summed E-state index contributed by atoms with van der Waals surface area (Å²) >= 11 is 0. The summed E-state index contributed by atoms with van der Waals surface area (Å²) in [6, 6.07) is 0. The smallest absolute Gasteiger partial charge is 0.328 e. The Balaban J connectivity index is 3.62.